The molecule has 2 aliphatic rings. The van der Waals surface area contributed by atoms with Gasteiger partial charge in [-0.15, -0.1) is 0 Å². The van der Waals surface area contributed by atoms with Gasteiger partial charge in [0.25, 0.3) is 0 Å². The normalized spacial score (nSPS) is 29.5. The van der Waals surface area contributed by atoms with Crippen LogP contribution in [-0.2, 0) is 13.1 Å². The largest absolute Gasteiger partial charge is 0.316 e. The summed E-state index contributed by atoms with van der Waals surface area (Å²) >= 11 is 0. The van der Waals surface area contributed by atoms with E-state index in [0.717, 1.165) is 37.8 Å². The van der Waals surface area contributed by atoms with E-state index in [-0.39, 0.29) is 0 Å². The fourth-order valence-electron chi connectivity index (χ4n) is 2.99. The Morgan fingerprint density at radius 1 is 1.41 bits per heavy atom. The fourth-order valence-corrected chi connectivity index (χ4v) is 2.99. The molecular formula is C12H21N5. The van der Waals surface area contributed by atoms with Crippen molar-refractivity contribution in [1.29, 1.82) is 0 Å². The van der Waals surface area contributed by atoms with Crippen molar-refractivity contribution in [2.24, 2.45) is 5.41 Å². The molecule has 3 rings (SSSR count). The average Bonchev–Trinajstić information content (AvgIpc) is 2.83. The van der Waals surface area contributed by atoms with Gasteiger partial charge in [0.15, 0.2) is 0 Å². The van der Waals surface area contributed by atoms with Gasteiger partial charge in [-0.1, -0.05) is 6.92 Å². The van der Waals surface area contributed by atoms with Gasteiger partial charge in [0.05, 0.1) is 13.1 Å². The Hall–Kier alpha value is -0.940. The zero-order valence-corrected chi connectivity index (χ0v) is 10.7. The maximum absolute atomic E-state index is 4.49. The smallest absolute Gasteiger partial charge is 0.147 e. The molecule has 0 aliphatic carbocycles. The topological polar surface area (TPSA) is 46.0 Å². The molecule has 0 bridgehead atoms. The predicted octanol–water partition coefficient (Wildman–Crippen LogP) is 0.402. The minimum Gasteiger partial charge on any atom is -0.316 e. The lowest BCUT2D eigenvalue weighted by atomic mass is 9.89. The summed E-state index contributed by atoms with van der Waals surface area (Å²) in [6, 6.07) is 0. The number of aromatic nitrogens is 3. The summed E-state index contributed by atoms with van der Waals surface area (Å²) in [5.74, 6) is 2.03. The number of nitrogens with zero attached hydrogens (tertiary/aromatic N) is 4. The minimum absolute atomic E-state index is 0.442. The summed E-state index contributed by atoms with van der Waals surface area (Å²) < 4.78 is 2.06. The van der Waals surface area contributed by atoms with Crippen molar-refractivity contribution < 1.29 is 0 Å². The van der Waals surface area contributed by atoms with Crippen molar-refractivity contribution in [3.05, 3.63) is 11.6 Å². The maximum Gasteiger partial charge on any atom is 0.147 e. The highest BCUT2D eigenvalue weighted by Crippen LogP contribution is 2.27. The van der Waals surface area contributed by atoms with Crippen molar-refractivity contribution in [1.82, 2.24) is 25.0 Å². The van der Waals surface area contributed by atoms with Crippen molar-refractivity contribution >= 4 is 0 Å². The van der Waals surface area contributed by atoms with Crippen LogP contribution >= 0.6 is 0 Å². The highest BCUT2D eigenvalue weighted by atomic mass is 15.4. The number of nitrogens with one attached hydrogen (secondary N) is 1. The molecule has 1 aromatic heterocycles. The van der Waals surface area contributed by atoms with Crippen LogP contribution in [0.4, 0.5) is 0 Å². The molecule has 3 heterocycles. The van der Waals surface area contributed by atoms with Gasteiger partial charge in [0, 0.05) is 19.6 Å². The van der Waals surface area contributed by atoms with Gasteiger partial charge in [-0.25, -0.2) is 9.67 Å². The number of aryl methyl sites for hydroxylation is 1. The van der Waals surface area contributed by atoms with E-state index in [2.05, 4.69) is 31.9 Å². The second-order valence-electron chi connectivity index (χ2n) is 5.75. The molecule has 1 fully saturated rings. The molecule has 2 aliphatic heterocycles. The molecule has 1 saturated heterocycles. The fraction of sp³-hybridized carbons (Fsp3) is 0.833. The van der Waals surface area contributed by atoms with E-state index in [9.17, 15) is 0 Å². The van der Waals surface area contributed by atoms with Gasteiger partial charge in [0.2, 0.25) is 0 Å². The Bertz CT molecular complexity index is 405. The molecule has 1 N–H and O–H groups in total. The summed E-state index contributed by atoms with van der Waals surface area (Å²) in [7, 11) is 0. The minimum atomic E-state index is 0.442. The number of hydrogen-bond donors (Lipinski definition) is 1. The van der Waals surface area contributed by atoms with E-state index in [1.54, 1.807) is 0 Å². The summed E-state index contributed by atoms with van der Waals surface area (Å²) in [6.45, 7) is 10.9. The quantitative estimate of drug-likeness (QED) is 0.806. The Kier molecular flexibility index (Phi) is 2.67. The zero-order valence-electron chi connectivity index (χ0n) is 10.7. The van der Waals surface area contributed by atoms with Gasteiger partial charge in [-0.3, -0.25) is 4.90 Å². The van der Waals surface area contributed by atoms with E-state index >= 15 is 0 Å². The lowest BCUT2D eigenvalue weighted by molar-refractivity contribution is 0.140. The predicted molar refractivity (Wildman–Crippen MR) is 65.6 cm³/mol. The van der Waals surface area contributed by atoms with Crippen LogP contribution in [0.1, 0.15) is 25.0 Å². The van der Waals surface area contributed by atoms with Crippen LogP contribution in [0.2, 0.25) is 0 Å². The van der Waals surface area contributed by atoms with Crippen molar-refractivity contribution in [3.63, 3.8) is 0 Å². The van der Waals surface area contributed by atoms with E-state index in [0.29, 0.717) is 5.41 Å². The third-order valence-electron chi connectivity index (χ3n) is 3.91. The first-order valence-electron chi connectivity index (χ1n) is 6.48. The molecule has 1 unspecified atom stereocenters. The van der Waals surface area contributed by atoms with E-state index in [1.807, 2.05) is 6.92 Å². The third kappa shape index (κ3) is 2.21. The highest BCUT2D eigenvalue weighted by Gasteiger charge is 2.32. The third-order valence-corrected chi connectivity index (χ3v) is 3.91. The SMILES string of the molecule is Cc1nc2n(n1)CCN(CC1(C)CCNC1)C2. The molecule has 5 nitrogen and oxygen atoms in total. The van der Waals surface area contributed by atoms with E-state index < -0.39 is 0 Å². The highest BCUT2D eigenvalue weighted by molar-refractivity contribution is 4.96. The first-order chi connectivity index (χ1) is 8.15. The molecule has 1 atom stereocenters. The van der Waals surface area contributed by atoms with Gasteiger partial charge in [0.1, 0.15) is 11.6 Å². The van der Waals surface area contributed by atoms with Crippen LogP contribution in [0.15, 0.2) is 0 Å². The van der Waals surface area contributed by atoms with Crippen molar-refractivity contribution in [2.75, 3.05) is 26.2 Å². The zero-order chi connectivity index (χ0) is 11.9. The van der Waals surface area contributed by atoms with Crippen LogP contribution in [0.3, 0.4) is 0 Å². The molecular weight excluding hydrogens is 214 g/mol. The first-order valence-corrected chi connectivity index (χ1v) is 6.48. The first kappa shape index (κ1) is 11.2. The Balaban J connectivity index is 1.67. The lowest BCUT2D eigenvalue weighted by Gasteiger charge is -2.33. The van der Waals surface area contributed by atoms with Gasteiger partial charge in [-0.2, -0.15) is 5.10 Å². The van der Waals surface area contributed by atoms with Crippen LogP contribution in [-0.4, -0.2) is 45.8 Å². The van der Waals surface area contributed by atoms with Crippen molar-refractivity contribution in [3.8, 4) is 0 Å². The number of fused-ring (bicyclic) bond motifs is 1. The van der Waals surface area contributed by atoms with Gasteiger partial charge < -0.3 is 5.32 Å². The second kappa shape index (κ2) is 4.07. The molecule has 0 saturated carbocycles. The molecule has 0 amide bonds. The van der Waals surface area contributed by atoms with Gasteiger partial charge >= 0.3 is 0 Å². The van der Waals surface area contributed by atoms with Crippen LogP contribution < -0.4 is 5.32 Å². The molecule has 0 radical (unpaired) electrons. The summed E-state index contributed by atoms with van der Waals surface area (Å²) in [5, 5.41) is 7.87. The Morgan fingerprint density at radius 3 is 3.06 bits per heavy atom. The number of rotatable bonds is 2. The molecule has 5 heteroatoms. The van der Waals surface area contributed by atoms with Crippen LogP contribution in [0.25, 0.3) is 0 Å². The molecule has 1 aromatic rings. The monoisotopic (exact) mass is 235 g/mol. The molecule has 17 heavy (non-hydrogen) atoms. The standard InChI is InChI=1S/C12H21N5/c1-10-14-11-7-16(5-6-17(11)15-10)9-12(2)3-4-13-8-12/h13H,3-9H2,1-2H3. The Labute approximate surface area is 102 Å². The summed E-state index contributed by atoms with van der Waals surface area (Å²) in [4.78, 5) is 7.02. The molecule has 0 aromatic carbocycles. The Morgan fingerprint density at radius 2 is 2.29 bits per heavy atom. The van der Waals surface area contributed by atoms with E-state index in [1.165, 1.54) is 19.5 Å². The molecule has 0 spiro atoms. The molecule has 94 valence electrons. The van der Waals surface area contributed by atoms with E-state index in [4.69, 9.17) is 0 Å². The summed E-state index contributed by atoms with van der Waals surface area (Å²) in [6.07, 6.45) is 1.29. The summed E-state index contributed by atoms with van der Waals surface area (Å²) in [5.41, 5.74) is 0.442. The van der Waals surface area contributed by atoms with Crippen LogP contribution in [0, 0.1) is 12.3 Å². The van der Waals surface area contributed by atoms with Crippen molar-refractivity contribution in [2.45, 2.75) is 33.4 Å². The maximum atomic E-state index is 4.49. The van der Waals surface area contributed by atoms with Crippen LogP contribution in [0.5, 0.6) is 0 Å². The van der Waals surface area contributed by atoms with Gasteiger partial charge in [-0.05, 0) is 25.3 Å². The lowest BCUT2D eigenvalue weighted by Crippen LogP contribution is -2.42. The second-order valence-corrected chi connectivity index (χ2v) is 5.75. The average molecular weight is 235 g/mol. The number of hydrogen-bond acceptors (Lipinski definition) is 4.